The van der Waals surface area contributed by atoms with Gasteiger partial charge in [-0.25, -0.2) is 14.6 Å². The number of aromatic nitrogens is 1. The van der Waals surface area contributed by atoms with Gasteiger partial charge in [0.05, 0.1) is 5.69 Å². The Morgan fingerprint density at radius 2 is 1.90 bits per heavy atom. The summed E-state index contributed by atoms with van der Waals surface area (Å²) in [5, 5.41) is 11.6. The molecule has 0 unspecified atom stereocenters. The molecule has 0 bridgehead atoms. The second-order valence-electron chi connectivity index (χ2n) is 4.21. The van der Waals surface area contributed by atoms with Crippen LogP contribution in [0, 0.1) is 0 Å². The molecule has 2 N–H and O–H groups in total. The number of carbonyl (C=O) groups excluding carboxylic acids is 1. The van der Waals surface area contributed by atoms with Crippen LogP contribution in [0.15, 0.2) is 48.7 Å². The lowest BCUT2D eigenvalue weighted by molar-refractivity contribution is 0.0691. The van der Waals surface area contributed by atoms with Gasteiger partial charge >= 0.3 is 12.0 Å². The number of hydrogen-bond donors (Lipinski definition) is 2. The molecule has 1 aromatic carbocycles. The first kappa shape index (κ1) is 14.5. The van der Waals surface area contributed by atoms with E-state index in [9.17, 15) is 9.59 Å². The smallest absolute Gasteiger partial charge is 0.356 e. The van der Waals surface area contributed by atoms with E-state index in [1.807, 2.05) is 37.3 Å². The number of nitrogens with zero attached hydrogens (tertiary/aromatic N) is 2. The van der Waals surface area contributed by atoms with Crippen LogP contribution in [0.25, 0.3) is 0 Å². The summed E-state index contributed by atoms with van der Waals surface area (Å²) in [4.78, 5) is 28.7. The molecular weight excluding hydrogens is 270 g/mol. The number of carboxylic acid groups (broad SMARTS) is 1. The standard InChI is InChI=1S/C15H15N3O3/c1-2-18(11-7-4-3-5-8-11)15(21)17-12-9-6-10-16-13(12)14(19)20/h3-10H,2H2,1H3,(H,17,21)(H,19,20). The zero-order valence-electron chi connectivity index (χ0n) is 11.5. The fourth-order valence-electron chi connectivity index (χ4n) is 1.91. The number of carboxylic acids is 1. The summed E-state index contributed by atoms with van der Waals surface area (Å²) in [6.07, 6.45) is 1.37. The summed E-state index contributed by atoms with van der Waals surface area (Å²) < 4.78 is 0. The third kappa shape index (κ3) is 3.36. The minimum atomic E-state index is -1.19. The maximum Gasteiger partial charge on any atom is 0.356 e. The number of urea groups is 1. The largest absolute Gasteiger partial charge is 0.476 e. The summed E-state index contributed by atoms with van der Waals surface area (Å²) in [5.41, 5.74) is 0.720. The molecule has 1 heterocycles. The van der Waals surface area contributed by atoms with Crippen LogP contribution in [-0.2, 0) is 0 Å². The van der Waals surface area contributed by atoms with Crippen molar-refractivity contribution in [3.05, 3.63) is 54.4 Å². The minimum Gasteiger partial charge on any atom is -0.476 e. The van der Waals surface area contributed by atoms with E-state index < -0.39 is 12.0 Å². The highest BCUT2D eigenvalue weighted by Crippen LogP contribution is 2.17. The number of benzene rings is 1. The molecule has 0 spiro atoms. The van der Waals surface area contributed by atoms with Crippen molar-refractivity contribution in [3.63, 3.8) is 0 Å². The van der Waals surface area contributed by atoms with Crippen molar-refractivity contribution in [3.8, 4) is 0 Å². The van der Waals surface area contributed by atoms with E-state index in [4.69, 9.17) is 5.11 Å². The normalized spacial score (nSPS) is 9.95. The number of anilines is 2. The van der Waals surface area contributed by atoms with Gasteiger partial charge in [0.1, 0.15) is 0 Å². The first-order valence-electron chi connectivity index (χ1n) is 6.45. The van der Waals surface area contributed by atoms with Gasteiger partial charge in [0.25, 0.3) is 0 Å². The Morgan fingerprint density at radius 1 is 1.19 bits per heavy atom. The van der Waals surface area contributed by atoms with Gasteiger partial charge in [-0.2, -0.15) is 0 Å². The van der Waals surface area contributed by atoms with E-state index in [0.29, 0.717) is 6.54 Å². The molecule has 0 aliphatic rings. The topological polar surface area (TPSA) is 82.5 Å². The Kier molecular flexibility index (Phi) is 4.50. The Balaban J connectivity index is 2.23. The second kappa shape index (κ2) is 6.51. The van der Waals surface area contributed by atoms with Gasteiger partial charge in [-0.1, -0.05) is 18.2 Å². The maximum atomic E-state index is 12.3. The van der Waals surface area contributed by atoms with Crippen molar-refractivity contribution in [1.29, 1.82) is 0 Å². The summed E-state index contributed by atoms with van der Waals surface area (Å²) in [6.45, 7) is 2.30. The number of hydrogen-bond acceptors (Lipinski definition) is 3. The van der Waals surface area contributed by atoms with Gasteiger partial charge in [-0.05, 0) is 31.2 Å². The fourth-order valence-corrected chi connectivity index (χ4v) is 1.91. The van der Waals surface area contributed by atoms with Crippen molar-refractivity contribution in [1.82, 2.24) is 4.98 Å². The number of para-hydroxylation sites is 1. The van der Waals surface area contributed by atoms with E-state index in [-0.39, 0.29) is 11.4 Å². The van der Waals surface area contributed by atoms with E-state index in [0.717, 1.165) is 5.69 Å². The average Bonchev–Trinajstić information content (AvgIpc) is 2.49. The van der Waals surface area contributed by atoms with Crippen molar-refractivity contribution in [2.45, 2.75) is 6.92 Å². The number of rotatable bonds is 4. The van der Waals surface area contributed by atoms with Crippen molar-refractivity contribution < 1.29 is 14.7 Å². The van der Waals surface area contributed by atoms with Gasteiger partial charge in [-0.15, -0.1) is 0 Å². The summed E-state index contributed by atoms with van der Waals surface area (Å²) in [6, 6.07) is 11.8. The number of nitrogens with one attached hydrogen (secondary N) is 1. The van der Waals surface area contributed by atoms with E-state index in [2.05, 4.69) is 10.3 Å². The molecule has 0 fully saturated rings. The zero-order chi connectivity index (χ0) is 15.2. The Labute approximate surface area is 122 Å². The van der Waals surface area contributed by atoms with Crippen LogP contribution in [0.3, 0.4) is 0 Å². The van der Waals surface area contributed by atoms with Crippen molar-refractivity contribution in [2.24, 2.45) is 0 Å². The highest BCUT2D eigenvalue weighted by Gasteiger charge is 2.17. The number of aromatic carboxylic acids is 1. The SMILES string of the molecule is CCN(C(=O)Nc1cccnc1C(=O)O)c1ccccc1. The van der Waals surface area contributed by atoms with Crippen LogP contribution < -0.4 is 10.2 Å². The Hall–Kier alpha value is -2.89. The van der Waals surface area contributed by atoms with Crippen LogP contribution in [0.1, 0.15) is 17.4 Å². The molecule has 0 radical (unpaired) electrons. The molecule has 108 valence electrons. The zero-order valence-corrected chi connectivity index (χ0v) is 11.5. The predicted octanol–water partition coefficient (Wildman–Crippen LogP) is 2.84. The first-order valence-corrected chi connectivity index (χ1v) is 6.45. The Morgan fingerprint density at radius 3 is 2.52 bits per heavy atom. The molecule has 2 aromatic rings. The molecule has 1 aromatic heterocycles. The highest BCUT2D eigenvalue weighted by molar-refractivity contribution is 6.05. The van der Waals surface area contributed by atoms with Crippen LogP contribution in [-0.4, -0.2) is 28.6 Å². The third-order valence-electron chi connectivity index (χ3n) is 2.88. The molecule has 0 aliphatic heterocycles. The third-order valence-corrected chi connectivity index (χ3v) is 2.88. The lowest BCUT2D eigenvalue weighted by Gasteiger charge is -2.21. The second-order valence-corrected chi connectivity index (χ2v) is 4.21. The lowest BCUT2D eigenvalue weighted by atomic mass is 10.3. The molecular formula is C15H15N3O3. The molecule has 0 saturated heterocycles. The average molecular weight is 285 g/mol. The van der Waals surface area contributed by atoms with Gasteiger partial charge in [0.15, 0.2) is 5.69 Å². The molecule has 0 aliphatic carbocycles. The molecule has 6 nitrogen and oxygen atoms in total. The Bertz CT molecular complexity index is 644. The number of carbonyl (C=O) groups is 2. The molecule has 2 rings (SSSR count). The van der Waals surface area contributed by atoms with Crippen LogP contribution in [0.2, 0.25) is 0 Å². The van der Waals surface area contributed by atoms with Crippen molar-refractivity contribution >= 4 is 23.4 Å². The monoisotopic (exact) mass is 285 g/mol. The summed E-state index contributed by atoms with van der Waals surface area (Å²) in [5.74, 6) is -1.19. The summed E-state index contributed by atoms with van der Waals surface area (Å²) >= 11 is 0. The molecule has 6 heteroatoms. The molecule has 0 saturated carbocycles. The first-order chi connectivity index (χ1) is 10.1. The maximum absolute atomic E-state index is 12.3. The predicted molar refractivity (Wildman–Crippen MR) is 79.7 cm³/mol. The fraction of sp³-hybridized carbons (Fsp3) is 0.133. The van der Waals surface area contributed by atoms with Gasteiger partial charge in [0.2, 0.25) is 0 Å². The van der Waals surface area contributed by atoms with E-state index >= 15 is 0 Å². The quantitative estimate of drug-likeness (QED) is 0.904. The lowest BCUT2D eigenvalue weighted by Crippen LogP contribution is -2.35. The van der Waals surface area contributed by atoms with Gasteiger partial charge < -0.3 is 10.4 Å². The van der Waals surface area contributed by atoms with E-state index in [1.165, 1.54) is 17.2 Å². The number of pyridine rings is 1. The van der Waals surface area contributed by atoms with E-state index in [1.54, 1.807) is 6.07 Å². The highest BCUT2D eigenvalue weighted by atomic mass is 16.4. The minimum absolute atomic E-state index is 0.171. The van der Waals surface area contributed by atoms with Crippen LogP contribution in [0.5, 0.6) is 0 Å². The number of amides is 2. The van der Waals surface area contributed by atoms with Crippen molar-refractivity contribution in [2.75, 3.05) is 16.8 Å². The van der Waals surface area contributed by atoms with Gasteiger partial charge in [0, 0.05) is 18.4 Å². The molecule has 21 heavy (non-hydrogen) atoms. The molecule has 2 amide bonds. The van der Waals surface area contributed by atoms with Crippen LogP contribution in [0.4, 0.5) is 16.2 Å². The molecule has 0 atom stereocenters. The van der Waals surface area contributed by atoms with Gasteiger partial charge in [-0.3, -0.25) is 4.90 Å². The summed E-state index contributed by atoms with van der Waals surface area (Å²) in [7, 11) is 0. The van der Waals surface area contributed by atoms with Crippen LogP contribution >= 0.6 is 0 Å².